The first kappa shape index (κ1) is 13.9. The predicted molar refractivity (Wildman–Crippen MR) is 68.3 cm³/mol. The molecular formula is C13H28N2O. The van der Waals surface area contributed by atoms with Crippen LogP contribution in [0, 0.1) is 11.8 Å². The molecule has 0 saturated heterocycles. The van der Waals surface area contributed by atoms with Gasteiger partial charge in [-0.3, -0.25) is 0 Å². The average molecular weight is 228 g/mol. The van der Waals surface area contributed by atoms with Crippen molar-refractivity contribution in [3.05, 3.63) is 0 Å². The third-order valence-corrected chi connectivity index (χ3v) is 3.86. The number of aliphatic hydroxyl groups is 1. The summed E-state index contributed by atoms with van der Waals surface area (Å²) in [5.74, 6) is 1.58. The summed E-state index contributed by atoms with van der Waals surface area (Å²) in [6.07, 6.45) is 6.16. The van der Waals surface area contributed by atoms with E-state index in [0.717, 1.165) is 18.3 Å². The van der Waals surface area contributed by atoms with Gasteiger partial charge in [0.2, 0.25) is 0 Å². The Morgan fingerprint density at radius 3 is 2.75 bits per heavy atom. The van der Waals surface area contributed by atoms with E-state index in [1.165, 1.54) is 25.7 Å². The van der Waals surface area contributed by atoms with E-state index >= 15 is 0 Å². The first-order chi connectivity index (χ1) is 7.67. The van der Waals surface area contributed by atoms with Crippen molar-refractivity contribution < 1.29 is 5.11 Å². The summed E-state index contributed by atoms with van der Waals surface area (Å²) in [4.78, 5) is 0. The van der Waals surface area contributed by atoms with Crippen molar-refractivity contribution in [3.8, 4) is 0 Å². The Hall–Kier alpha value is -0.120. The minimum atomic E-state index is 0.256. The van der Waals surface area contributed by atoms with Crippen LogP contribution in [0.2, 0.25) is 0 Å². The van der Waals surface area contributed by atoms with E-state index in [2.05, 4.69) is 19.2 Å². The van der Waals surface area contributed by atoms with Crippen LogP contribution in [0.15, 0.2) is 0 Å². The van der Waals surface area contributed by atoms with Gasteiger partial charge in [-0.1, -0.05) is 19.8 Å². The number of aliphatic hydroxyl groups excluding tert-OH is 1. The van der Waals surface area contributed by atoms with Crippen LogP contribution in [0.25, 0.3) is 0 Å². The van der Waals surface area contributed by atoms with Crippen molar-refractivity contribution in [3.63, 3.8) is 0 Å². The van der Waals surface area contributed by atoms with E-state index in [9.17, 15) is 0 Å². The van der Waals surface area contributed by atoms with E-state index in [1.54, 1.807) is 0 Å². The number of hydrogen-bond donors (Lipinski definition) is 3. The summed E-state index contributed by atoms with van der Waals surface area (Å²) in [5.41, 5.74) is 5.87. The second kappa shape index (κ2) is 7.25. The van der Waals surface area contributed by atoms with E-state index in [1.807, 2.05) is 0 Å². The molecule has 4 atom stereocenters. The lowest BCUT2D eigenvalue weighted by molar-refractivity contribution is 0.203. The van der Waals surface area contributed by atoms with Crippen molar-refractivity contribution in [2.24, 2.45) is 17.6 Å². The molecule has 1 aliphatic rings. The van der Waals surface area contributed by atoms with Crippen LogP contribution in [0.3, 0.4) is 0 Å². The molecule has 0 aromatic heterocycles. The van der Waals surface area contributed by atoms with Crippen LogP contribution in [0.4, 0.5) is 0 Å². The molecule has 0 heterocycles. The molecule has 0 aliphatic heterocycles. The highest BCUT2D eigenvalue weighted by atomic mass is 16.3. The summed E-state index contributed by atoms with van der Waals surface area (Å²) in [6, 6.07) is 0.806. The standard InChI is InChI=1S/C13H28N2O/c1-10-4-3-5-12(8-10)13(9-14)15-11(2)6-7-16/h10-13,15-16H,3-9,14H2,1-2H3. The molecule has 3 nitrogen and oxygen atoms in total. The Morgan fingerprint density at radius 2 is 2.19 bits per heavy atom. The lowest BCUT2D eigenvalue weighted by Gasteiger charge is -2.34. The molecule has 1 fully saturated rings. The van der Waals surface area contributed by atoms with Gasteiger partial charge in [-0.2, -0.15) is 0 Å². The van der Waals surface area contributed by atoms with E-state index in [-0.39, 0.29) is 6.61 Å². The highest BCUT2D eigenvalue weighted by Crippen LogP contribution is 2.30. The maximum Gasteiger partial charge on any atom is 0.0445 e. The zero-order chi connectivity index (χ0) is 12.0. The number of rotatable bonds is 6. The van der Waals surface area contributed by atoms with Crippen LogP contribution in [-0.2, 0) is 0 Å². The van der Waals surface area contributed by atoms with Gasteiger partial charge in [0.15, 0.2) is 0 Å². The summed E-state index contributed by atoms with van der Waals surface area (Å²) in [7, 11) is 0. The van der Waals surface area contributed by atoms with Gasteiger partial charge in [0, 0.05) is 25.2 Å². The highest BCUT2D eigenvalue weighted by Gasteiger charge is 2.26. The van der Waals surface area contributed by atoms with Gasteiger partial charge in [0.25, 0.3) is 0 Å². The lowest BCUT2D eigenvalue weighted by Crippen LogP contribution is -2.47. The second-order valence-electron chi connectivity index (χ2n) is 5.45. The lowest BCUT2D eigenvalue weighted by atomic mass is 9.78. The van der Waals surface area contributed by atoms with Crippen LogP contribution in [-0.4, -0.2) is 30.3 Å². The largest absolute Gasteiger partial charge is 0.396 e. The van der Waals surface area contributed by atoms with Gasteiger partial charge in [-0.15, -0.1) is 0 Å². The Morgan fingerprint density at radius 1 is 1.44 bits per heavy atom. The van der Waals surface area contributed by atoms with Crippen molar-refractivity contribution in [2.75, 3.05) is 13.2 Å². The maximum atomic E-state index is 8.90. The fourth-order valence-electron chi connectivity index (χ4n) is 2.89. The molecule has 4 unspecified atom stereocenters. The normalized spacial score (nSPS) is 30.0. The van der Waals surface area contributed by atoms with Gasteiger partial charge >= 0.3 is 0 Å². The number of hydrogen-bond acceptors (Lipinski definition) is 3. The fourth-order valence-corrected chi connectivity index (χ4v) is 2.89. The Bertz CT molecular complexity index is 187. The predicted octanol–water partition coefficient (Wildman–Crippen LogP) is 1.50. The summed E-state index contributed by atoms with van der Waals surface area (Å²) in [6.45, 7) is 5.45. The average Bonchev–Trinajstić information content (AvgIpc) is 2.26. The van der Waals surface area contributed by atoms with E-state index < -0.39 is 0 Å². The third kappa shape index (κ3) is 4.40. The summed E-state index contributed by atoms with van der Waals surface area (Å²) in [5, 5.41) is 12.5. The number of nitrogens with one attached hydrogen (secondary N) is 1. The molecule has 0 aromatic carbocycles. The SMILES string of the molecule is CC1CCCC(C(CN)NC(C)CCO)C1. The van der Waals surface area contributed by atoms with E-state index in [4.69, 9.17) is 10.8 Å². The maximum absolute atomic E-state index is 8.90. The zero-order valence-electron chi connectivity index (χ0n) is 10.8. The minimum Gasteiger partial charge on any atom is -0.396 e. The van der Waals surface area contributed by atoms with Crippen molar-refractivity contribution in [2.45, 2.75) is 58.0 Å². The molecule has 0 radical (unpaired) electrons. The smallest absolute Gasteiger partial charge is 0.0445 e. The molecule has 1 saturated carbocycles. The summed E-state index contributed by atoms with van der Waals surface area (Å²) >= 11 is 0. The zero-order valence-corrected chi connectivity index (χ0v) is 10.8. The molecular weight excluding hydrogens is 200 g/mol. The van der Waals surface area contributed by atoms with Gasteiger partial charge in [-0.05, 0) is 38.0 Å². The first-order valence-electron chi connectivity index (χ1n) is 6.74. The van der Waals surface area contributed by atoms with Crippen molar-refractivity contribution in [1.82, 2.24) is 5.32 Å². The van der Waals surface area contributed by atoms with Crippen molar-refractivity contribution in [1.29, 1.82) is 0 Å². The second-order valence-corrected chi connectivity index (χ2v) is 5.45. The fraction of sp³-hybridized carbons (Fsp3) is 1.00. The molecule has 0 bridgehead atoms. The monoisotopic (exact) mass is 228 g/mol. The van der Waals surface area contributed by atoms with Gasteiger partial charge in [-0.25, -0.2) is 0 Å². The number of nitrogens with two attached hydrogens (primary N) is 1. The molecule has 0 aromatic rings. The van der Waals surface area contributed by atoms with Crippen LogP contribution >= 0.6 is 0 Å². The van der Waals surface area contributed by atoms with Gasteiger partial charge in [0.1, 0.15) is 0 Å². The topological polar surface area (TPSA) is 58.3 Å². The molecule has 16 heavy (non-hydrogen) atoms. The Balaban J connectivity index is 2.39. The molecule has 0 spiro atoms. The Kier molecular flexibility index (Phi) is 6.32. The van der Waals surface area contributed by atoms with Crippen LogP contribution in [0.5, 0.6) is 0 Å². The van der Waals surface area contributed by atoms with Crippen LogP contribution in [0.1, 0.15) is 46.0 Å². The van der Waals surface area contributed by atoms with Gasteiger partial charge in [0.05, 0.1) is 0 Å². The quantitative estimate of drug-likeness (QED) is 0.646. The minimum absolute atomic E-state index is 0.256. The molecule has 1 aliphatic carbocycles. The van der Waals surface area contributed by atoms with Gasteiger partial charge < -0.3 is 16.2 Å². The van der Waals surface area contributed by atoms with E-state index in [0.29, 0.717) is 18.6 Å². The highest BCUT2D eigenvalue weighted by molar-refractivity contribution is 4.83. The Labute approximate surface area is 99.8 Å². The molecule has 96 valence electrons. The molecule has 3 heteroatoms. The summed E-state index contributed by atoms with van der Waals surface area (Å²) < 4.78 is 0. The molecule has 0 amide bonds. The molecule has 1 rings (SSSR count). The third-order valence-electron chi connectivity index (χ3n) is 3.86. The molecule has 4 N–H and O–H groups in total. The first-order valence-corrected chi connectivity index (χ1v) is 6.74. The van der Waals surface area contributed by atoms with Crippen molar-refractivity contribution >= 4 is 0 Å². The van der Waals surface area contributed by atoms with Crippen LogP contribution < -0.4 is 11.1 Å².